The first-order valence-electron chi connectivity index (χ1n) is 8.61. The smallest absolute Gasteiger partial charge is 0.212 e. The van der Waals surface area contributed by atoms with Gasteiger partial charge < -0.3 is 9.47 Å². The second-order valence-corrected chi connectivity index (χ2v) is 7.22. The van der Waals surface area contributed by atoms with E-state index in [9.17, 15) is 0 Å². The quantitative estimate of drug-likeness (QED) is 0.677. The number of aromatic nitrogens is 3. The van der Waals surface area contributed by atoms with Crippen LogP contribution in [0.25, 0.3) is 0 Å². The van der Waals surface area contributed by atoms with Crippen molar-refractivity contribution in [1.82, 2.24) is 14.9 Å². The first-order valence-corrected chi connectivity index (χ1v) is 9.59. The molecule has 2 heterocycles. The fraction of sp³-hybridized carbons (Fsp3) is 0.250. The second kappa shape index (κ2) is 7.44. The standard InChI is InChI=1S/C20H20N4O2S/c1-13-4-7-15(8-5-13)16-12-27-20-22-21-19(24(20)23-16)11-14-6-9-17(25-2)18(10-14)26-3/h4-10H,11-12H2,1-3H3. The number of hydrogen-bond donors (Lipinski definition) is 0. The monoisotopic (exact) mass is 380 g/mol. The van der Waals surface area contributed by atoms with E-state index in [0.717, 1.165) is 33.6 Å². The third-order valence-electron chi connectivity index (χ3n) is 4.43. The minimum absolute atomic E-state index is 0.610. The predicted molar refractivity (Wildman–Crippen MR) is 106 cm³/mol. The number of benzene rings is 2. The van der Waals surface area contributed by atoms with E-state index in [2.05, 4.69) is 41.4 Å². The summed E-state index contributed by atoms with van der Waals surface area (Å²) in [6.45, 7) is 2.08. The Kier molecular flexibility index (Phi) is 4.85. The van der Waals surface area contributed by atoms with Crippen LogP contribution in [-0.4, -0.2) is 40.6 Å². The highest BCUT2D eigenvalue weighted by Crippen LogP contribution is 2.29. The third kappa shape index (κ3) is 3.55. The lowest BCUT2D eigenvalue weighted by Gasteiger charge is -2.14. The number of methoxy groups -OCH3 is 2. The Hall–Kier alpha value is -2.80. The molecule has 0 unspecified atom stereocenters. The number of ether oxygens (including phenoxy) is 2. The number of hydrogen-bond acceptors (Lipinski definition) is 6. The summed E-state index contributed by atoms with van der Waals surface area (Å²) in [4.78, 5) is 0. The van der Waals surface area contributed by atoms with E-state index < -0.39 is 0 Å². The average molecular weight is 380 g/mol. The minimum Gasteiger partial charge on any atom is -0.493 e. The Balaban J connectivity index is 1.64. The number of rotatable bonds is 5. The normalized spacial score (nSPS) is 13.1. The van der Waals surface area contributed by atoms with E-state index in [1.54, 1.807) is 26.0 Å². The summed E-state index contributed by atoms with van der Waals surface area (Å²) in [6.07, 6.45) is 0.610. The largest absolute Gasteiger partial charge is 0.493 e. The highest BCUT2D eigenvalue weighted by molar-refractivity contribution is 7.99. The Morgan fingerprint density at radius 1 is 1.00 bits per heavy atom. The summed E-state index contributed by atoms with van der Waals surface area (Å²) in [5.41, 5.74) is 4.46. The van der Waals surface area contributed by atoms with Crippen LogP contribution in [0.2, 0.25) is 0 Å². The van der Waals surface area contributed by atoms with Gasteiger partial charge in [0, 0.05) is 12.2 Å². The van der Waals surface area contributed by atoms with Crippen LogP contribution in [0.4, 0.5) is 0 Å². The molecule has 0 spiro atoms. The van der Waals surface area contributed by atoms with Gasteiger partial charge in [-0.2, -0.15) is 9.78 Å². The summed E-state index contributed by atoms with van der Waals surface area (Å²) in [5.74, 6) is 3.00. The summed E-state index contributed by atoms with van der Waals surface area (Å²) in [5, 5.41) is 14.3. The summed E-state index contributed by atoms with van der Waals surface area (Å²) < 4.78 is 12.5. The fourth-order valence-corrected chi connectivity index (χ4v) is 3.80. The average Bonchev–Trinajstić information content (AvgIpc) is 3.10. The van der Waals surface area contributed by atoms with Gasteiger partial charge in [0.1, 0.15) is 0 Å². The van der Waals surface area contributed by atoms with E-state index >= 15 is 0 Å². The van der Waals surface area contributed by atoms with Gasteiger partial charge in [0.15, 0.2) is 17.3 Å². The Labute approximate surface area is 162 Å². The summed E-state index contributed by atoms with van der Waals surface area (Å²) in [6, 6.07) is 14.3. The van der Waals surface area contributed by atoms with Crippen molar-refractivity contribution in [2.45, 2.75) is 18.5 Å². The molecule has 0 saturated heterocycles. The molecule has 1 aliphatic rings. The molecule has 7 heteroatoms. The number of fused-ring (bicyclic) bond motifs is 1. The molecule has 0 N–H and O–H groups in total. The zero-order valence-corrected chi connectivity index (χ0v) is 16.3. The molecule has 0 aliphatic carbocycles. The zero-order valence-electron chi connectivity index (χ0n) is 15.5. The van der Waals surface area contributed by atoms with Gasteiger partial charge in [0.05, 0.1) is 19.9 Å². The van der Waals surface area contributed by atoms with Crippen molar-refractivity contribution in [3.63, 3.8) is 0 Å². The van der Waals surface area contributed by atoms with Crippen LogP contribution in [0.3, 0.4) is 0 Å². The molecular weight excluding hydrogens is 360 g/mol. The highest BCUT2D eigenvalue weighted by atomic mass is 32.2. The van der Waals surface area contributed by atoms with Crippen molar-refractivity contribution in [3.05, 3.63) is 65.0 Å². The molecular formula is C20H20N4O2S. The molecule has 4 rings (SSSR count). The lowest BCUT2D eigenvalue weighted by molar-refractivity contribution is 0.354. The first kappa shape index (κ1) is 17.6. The van der Waals surface area contributed by atoms with Crippen molar-refractivity contribution in [1.29, 1.82) is 0 Å². The molecule has 0 radical (unpaired) electrons. The first-order chi connectivity index (χ1) is 13.2. The van der Waals surface area contributed by atoms with Crippen molar-refractivity contribution >= 4 is 17.5 Å². The van der Waals surface area contributed by atoms with E-state index in [-0.39, 0.29) is 0 Å². The molecule has 1 aromatic heterocycles. The van der Waals surface area contributed by atoms with Gasteiger partial charge in [-0.05, 0) is 30.2 Å². The lowest BCUT2D eigenvalue weighted by Crippen LogP contribution is -2.14. The zero-order chi connectivity index (χ0) is 18.8. The maximum absolute atomic E-state index is 5.39. The molecule has 0 bridgehead atoms. The van der Waals surface area contributed by atoms with E-state index in [4.69, 9.17) is 14.6 Å². The Bertz CT molecular complexity index is 996. The number of aryl methyl sites for hydroxylation is 1. The van der Waals surface area contributed by atoms with Crippen LogP contribution in [0.15, 0.2) is 52.7 Å². The van der Waals surface area contributed by atoms with Crippen molar-refractivity contribution in [3.8, 4) is 11.5 Å². The molecule has 6 nitrogen and oxygen atoms in total. The van der Waals surface area contributed by atoms with Gasteiger partial charge >= 0.3 is 0 Å². The molecule has 1 aliphatic heterocycles. The van der Waals surface area contributed by atoms with Gasteiger partial charge in [0.25, 0.3) is 0 Å². The lowest BCUT2D eigenvalue weighted by atomic mass is 10.1. The maximum Gasteiger partial charge on any atom is 0.212 e. The predicted octanol–water partition coefficient (Wildman–Crippen LogP) is 3.55. The Morgan fingerprint density at radius 3 is 2.52 bits per heavy atom. The van der Waals surface area contributed by atoms with Crippen LogP contribution >= 0.6 is 11.8 Å². The Morgan fingerprint density at radius 2 is 1.78 bits per heavy atom. The SMILES string of the molecule is COc1ccc(Cc2nnc3n2N=C(c2ccc(C)cc2)CS3)cc1OC. The van der Waals surface area contributed by atoms with Gasteiger partial charge in [-0.15, -0.1) is 10.2 Å². The van der Waals surface area contributed by atoms with Gasteiger partial charge in [-0.1, -0.05) is 47.7 Å². The second-order valence-electron chi connectivity index (χ2n) is 6.28. The van der Waals surface area contributed by atoms with Crippen LogP contribution in [0.5, 0.6) is 11.5 Å². The van der Waals surface area contributed by atoms with E-state index in [1.807, 2.05) is 22.9 Å². The molecule has 2 aromatic carbocycles. The summed E-state index contributed by atoms with van der Waals surface area (Å²) in [7, 11) is 3.26. The van der Waals surface area contributed by atoms with E-state index in [1.165, 1.54) is 5.56 Å². The van der Waals surface area contributed by atoms with Gasteiger partial charge in [0.2, 0.25) is 5.16 Å². The highest BCUT2D eigenvalue weighted by Gasteiger charge is 2.20. The van der Waals surface area contributed by atoms with Crippen LogP contribution in [0, 0.1) is 6.92 Å². The van der Waals surface area contributed by atoms with Gasteiger partial charge in [-0.25, -0.2) is 0 Å². The topological polar surface area (TPSA) is 61.5 Å². The van der Waals surface area contributed by atoms with Gasteiger partial charge in [-0.3, -0.25) is 0 Å². The number of thioether (sulfide) groups is 1. The van der Waals surface area contributed by atoms with Crippen molar-refractivity contribution < 1.29 is 9.47 Å². The molecule has 0 saturated carbocycles. The molecule has 3 aromatic rings. The van der Waals surface area contributed by atoms with Crippen molar-refractivity contribution in [2.24, 2.45) is 5.10 Å². The van der Waals surface area contributed by atoms with Crippen LogP contribution in [-0.2, 0) is 6.42 Å². The molecule has 0 amide bonds. The minimum atomic E-state index is 0.610. The maximum atomic E-state index is 5.39. The third-order valence-corrected chi connectivity index (χ3v) is 5.36. The summed E-state index contributed by atoms with van der Waals surface area (Å²) >= 11 is 1.65. The van der Waals surface area contributed by atoms with E-state index in [0.29, 0.717) is 17.9 Å². The molecule has 0 atom stereocenters. The van der Waals surface area contributed by atoms with Crippen LogP contribution in [0.1, 0.15) is 22.5 Å². The molecule has 0 fully saturated rings. The fourth-order valence-electron chi connectivity index (χ4n) is 2.94. The number of nitrogens with zero attached hydrogens (tertiary/aromatic N) is 4. The van der Waals surface area contributed by atoms with Crippen molar-refractivity contribution in [2.75, 3.05) is 20.0 Å². The molecule has 27 heavy (non-hydrogen) atoms. The van der Waals surface area contributed by atoms with Crippen LogP contribution < -0.4 is 9.47 Å². The molecule has 138 valence electrons.